The molecule has 4 unspecified atom stereocenters. The fraction of sp³-hybridized carbons (Fsp3) is 0.385. The molecule has 4 rings (SSSR count). The molecule has 2 aromatic rings. The summed E-state index contributed by atoms with van der Waals surface area (Å²) in [6.07, 6.45) is -0.868. The molecule has 2 fully saturated rings. The van der Waals surface area contributed by atoms with Crippen LogP contribution in [0.3, 0.4) is 0 Å². The van der Waals surface area contributed by atoms with Crippen LogP contribution in [0.25, 0.3) is 0 Å². The van der Waals surface area contributed by atoms with Crippen molar-refractivity contribution in [3.63, 3.8) is 0 Å². The fourth-order valence-electron chi connectivity index (χ4n) is 5.33. The van der Waals surface area contributed by atoms with Crippen molar-refractivity contribution in [1.29, 1.82) is 21.2 Å². The third kappa shape index (κ3) is 2.75. The highest BCUT2D eigenvalue weighted by Crippen LogP contribution is 2.70. The minimum absolute atomic E-state index is 0.343. The maximum absolute atomic E-state index is 10.5. The van der Waals surface area contributed by atoms with Crippen molar-refractivity contribution in [2.45, 2.75) is 32.2 Å². The first kappa shape index (κ1) is 23.1. The van der Waals surface area contributed by atoms with Crippen molar-refractivity contribution < 1.29 is 18.9 Å². The normalized spacial score (nSPS) is 28.6. The molecule has 0 saturated carbocycles. The quantitative estimate of drug-likeness (QED) is 0.672. The van der Waals surface area contributed by atoms with E-state index in [0.29, 0.717) is 35.7 Å². The van der Waals surface area contributed by atoms with Gasteiger partial charge in [0.2, 0.25) is 17.1 Å². The van der Waals surface area contributed by atoms with Gasteiger partial charge >= 0.3 is 0 Å². The molecule has 8 heteroatoms. The number of hydrogen-bond acceptors (Lipinski definition) is 8. The Morgan fingerprint density at radius 3 is 2.26 bits per heavy atom. The van der Waals surface area contributed by atoms with Crippen LogP contribution in [-0.4, -0.2) is 19.6 Å². The van der Waals surface area contributed by atoms with Crippen molar-refractivity contribution in [2.24, 2.45) is 16.7 Å². The predicted octanol–water partition coefficient (Wildman–Crippen LogP) is 4.60. The molecule has 0 aliphatic carbocycles. The summed E-state index contributed by atoms with van der Waals surface area (Å²) in [5.41, 5.74) is -2.85. The van der Waals surface area contributed by atoms with Gasteiger partial charge in [0.15, 0.2) is 16.9 Å². The number of ether oxygens (including phenoxy) is 4. The van der Waals surface area contributed by atoms with Gasteiger partial charge in [-0.25, -0.2) is 0 Å². The number of benzene rings is 2. The van der Waals surface area contributed by atoms with Crippen molar-refractivity contribution in [3.05, 3.63) is 59.7 Å². The average molecular weight is 457 g/mol. The van der Waals surface area contributed by atoms with Gasteiger partial charge in [-0.1, -0.05) is 43.3 Å². The molecule has 0 spiro atoms. The molecule has 0 radical (unpaired) electrons. The van der Waals surface area contributed by atoms with E-state index in [4.69, 9.17) is 24.4 Å². The molecule has 4 atom stereocenters. The van der Waals surface area contributed by atoms with Gasteiger partial charge in [0, 0.05) is 5.56 Å². The second-order valence-electron chi connectivity index (χ2n) is 8.22. The second kappa shape index (κ2) is 8.37. The van der Waals surface area contributed by atoms with Crippen LogP contribution in [0.5, 0.6) is 11.5 Å². The van der Waals surface area contributed by atoms with E-state index in [9.17, 15) is 15.8 Å². The SMILES string of the molecule is CCOc1ccc(C2OC3(c4ccccc4)OC(=N)C(C#N)(C3CC)C2(C#N)C#N)cc1OC. The van der Waals surface area contributed by atoms with E-state index >= 15 is 0 Å². The molecule has 0 amide bonds. The van der Waals surface area contributed by atoms with Gasteiger partial charge in [-0.15, -0.1) is 0 Å². The van der Waals surface area contributed by atoms with Crippen LogP contribution >= 0.6 is 0 Å². The Morgan fingerprint density at radius 1 is 1.00 bits per heavy atom. The summed E-state index contributed by atoms with van der Waals surface area (Å²) in [6.45, 7) is 4.10. The third-order valence-electron chi connectivity index (χ3n) is 6.81. The summed E-state index contributed by atoms with van der Waals surface area (Å²) in [5, 5.41) is 40.1. The molecule has 8 nitrogen and oxygen atoms in total. The minimum atomic E-state index is -2.05. The Labute approximate surface area is 198 Å². The lowest BCUT2D eigenvalue weighted by Gasteiger charge is -2.49. The van der Waals surface area contributed by atoms with E-state index in [1.165, 1.54) is 7.11 Å². The van der Waals surface area contributed by atoms with Crippen molar-refractivity contribution in [2.75, 3.05) is 13.7 Å². The lowest BCUT2D eigenvalue weighted by molar-refractivity contribution is -0.292. The first-order valence-corrected chi connectivity index (χ1v) is 11.0. The van der Waals surface area contributed by atoms with Gasteiger partial charge in [-0.05, 0) is 31.0 Å². The van der Waals surface area contributed by atoms with Crippen molar-refractivity contribution >= 4 is 5.90 Å². The number of hydrogen-bond donors (Lipinski definition) is 1. The van der Waals surface area contributed by atoms with Crippen LogP contribution in [0.1, 0.15) is 37.5 Å². The Morgan fingerprint density at radius 2 is 1.71 bits per heavy atom. The molecule has 0 aromatic heterocycles. The topological polar surface area (TPSA) is 132 Å². The molecule has 2 aliphatic heterocycles. The smallest absolute Gasteiger partial charge is 0.244 e. The van der Waals surface area contributed by atoms with Gasteiger partial charge in [-0.2, -0.15) is 15.8 Å². The summed E-state index contributed by atoms with van der Waals surface area (Å²) < 4.78 is 23.7. The molecule has 1 N–H and O–H groups in total. The number of nitrogens with zero attached hydrogens (tertiary/aromatic N) is 3. The zero-order valence-corrected chi connectivity index (χ0v) is 19.2. The summed E-state index contributed by atoms with van der Waals surface area (Å²) in [4.78, 5) is 0. The highest BCUT2D eigenvalue weighted by molar-refractivity contribution is 5.89. The standard InChI is InChI=1S/C26H24N4O4/c1-4-21-25(16-29)23(30)34-26(21,18-9-7-6-8-10-18)33-22(24(25,14-27)15-28)17-11-12-19(32-5-2)20(13-17)31-3/h6-13,21-22,30H,4-5H2,1-3H3. The van der Waals surface area contributed by atoms with E-state index in [1.54, 1.807) is 30.3 Å². The monoisotopic (exact) mass is 456 g/mol. The molecule has 34 heavy (non-hydrogen) atoms. The highest BCUT2D eigenvalue weighted by atomic mass is 16.7. The van der Waals surface area contributed by atoms with E-state index < -0.39 is 34.5 Å². The summed E-state index contributed by atoms with van der Waals surface area (Å²) in [5.74, 6) is -1.82. The summed E-state index contributed by atoms with van der Waals surface area (Å²) in [7, 11) is 1.49. The minimum Gasteiger partial charge on any atom is -0.493 e. The zero-order valence-electron chi connectivity index (χ0n) is 19.2. The maximum atomic E-state index is 10.5. The number of rotatable bonds is 6. The molecule has 2 heterocycles. The Hall–Kier alpha value is -4.06. The largest absolute Gasteiger partial charge is 0.493 e. The molecule has 2 saturated heterocycles. The fourth-order valence-corrected chi connectivity index (χ4v) is 5.33. The van der Waals surface area contributed by atoms with Gasteiger partial charge in [0.25, 0.3) is 0 Å². The van der Waals surface area contributed by atoms with E-state index in [2.05, 4.69) is 18.2 Å². The number of methoxy groups -OCH3 is 1. The Balaban J connectivity index is 2.02. The van der Waals surface area contributed by atoms with E-state index in [1.807, 2.05) is 32.0 Å². The van der Waals surface area contributed by atoms with Crippen LogP contribution in [0, 0.1) is 56.2 Å². The zero-order chi connectivity index (χ0) is 24.6. The van der Waals surface area contributed by atoms with Crippen LogP contribution in [0.2, 0.25) is 0 Å². The Bertz CT molecular complexity index is 1230. The van der Waals surface area contributed by atoms with Crippen LogP contribution in [0.4, 0.5) is 0 Å². The molecule has 172 valence electrons. The van der Waals surface area contributed by atoms with Crippen LogP contribution in [0.15, 0.2) is 48.5 Å². The third-order valence-corrected chi connectivity index (χ3v) is 6.81. The van der Waals surface area contributed by atoms with Gasteiger partial charge in [-0.3, -0.25) is 5.41 Å². The van der Waals surface area contributed by atoms with Gasteiger partial charge in [0.1, 0.15) is 6.10 Å². The van der Waals surface area contributed by atoms with Crippen molar-refractivity contribution in [1.82, 2.24) is 0 Å². The summed E-state index contributed by atoms with van der Waals surface area (Å²) >= 11 is 0. The highest BCUT2D eigenvalue weighted by Gasteiger charge is 2.80. The second-order valence-corrected chi connectivity index (χ2v) is 8.22. The first-order valence-electron chi connectivity index (χ1n) is 11.0. The Kier molecular flexibility index (Phi) is 5.69. The molecule has 2 aromatic carbocycles. The van der Waals surface area contributed by atoms with Crippen molar-refractivity contribution in [3.8, 4) is 29.7 Å². The predicted molar refractivity (Wildman–Crippen MR) is 120 cm³/mol. The number of nitrogens with one attached hydrogen (secondary N) is 1. The number of fused-ring (bicyclic) bond motifs is 2. The molecular formula is C26H24N4O4. The van der Waals surface area contributed by atoms with Gasteiger partial charge < -0.3 is 18.9 Å². The lowest BCUT2D eigenvalue weighted by Crippen LogP contribution is -2.58. The average Bonchev–Trinajstić information content (AvgIpc) is 3.08. The van der Waals surface area contributed by atoms with E-state index in [-0.39, 0.29) is 0 Å². The maximum Gasteiger partial charge on any atom is 0.244 e. The lowest BCUT2D eigenvalue weighted by atomic mass is 9.52. The van der Waals surface area contributed by atoms with Gasteiger partial charge in [0.05, 0.1) is 37.8 Å². The van der Waals surface area contributed by atoms with Crippen LogP contribution in [-0.2, 0) is 15.3 Å². The molecule has 2 bridgehead atoms. The molecule has 2 aliphatic rings. The summed E-state index contributed by atoms with van der Waals surface area (Å²) in [6, 6.07) is 20.4. The molecular weight excluding hydrogens is 432 g/mol. The van der Waals surface area contributed by atoms with Crippen LogP contribution < -0.4 is 9.47 Å². The first-order chi connectivity index (χ1) is 16.4. The van der Waals surface area contributed by atoms with E-state index in [0.717, 1.165) is 0 Å². The number of nitriles is 3.